The van der Waals surface area contributed by atoms with E-state index in [9.17, 15) is 17.6 Å². The molecule has 1 fully saturated rings. The Morgan fingerprint density at radius 2 is 1.68 bits per heavy atom. The predicted molar refractivity (Wildman–Crippen MR) is 140 cm³/mol. The maximum absolute atomic E-state index is 13.2. The summed E-state index contributed by atoms with van der Waals surface area (Å²) in [4.78, 5) is 17.5. The first kappa shape index (κ1) is 25.1. The number of fused-ring (bicyclic) bond motifs is 1. The molecule has 192 valence electrons. The van der Waals surface area contributed by atoms with Crippen LogP contribution in [0.5, 0.6) is 0 Å². The zero-order valence-corrected chi connectivity index (χ0v) is 21.3. The van der Waals surface area contributed by atoms with Crippen LogP contribution in [0, 0.1) is 11.7 Å². The Morgan fingerprint density at radius 1 is 0.973 bits per heavy atom. The predicted octanol–water partition coefficient (Wildman–Crippen LogP) is 4.85. The first-order valence-electron chi connectivity index (χ1n) is 12.4. The molecule has 4 aromatic rings. The molecule has 1 saturated carbocycles. The maximum atomic E-state index is 13.2. The smallest absolute Gasteiger partial charge is 0.242 e. The van der Waals surface area contributed by atoms with Crippen LogP contribution < -0.4 is 10.0 Å². The topological polar surface area (TPSA) is 92.6 Å². The summed E-state index contributed by atoms with van der Waals surface area (Å²) in [5.41, 5.74) is 3.23. The molecule has 7 nitrogen and oxygen atoms in total. The molecule has 37 heavy (non-hydrogen) atoms. The molecule has 1 aliphatic rings. The molecule has 2 N–H and O–H groups in total. The molecule has 0 unspecified atom stereocenters. The summed E-state index contributed by atoms with van der Waals surface area (Å²) < 4.78 is 43.9. The fourth-order valence-electron chi connectivity index (χ4n) is 4.81. The molecular weight excluding hydrogens is 491 g/mol. The lowest BCUT2D eigenvalue weighted by atomic mass is 9.85. The molecule has 0 saturated heterocycles. The highest BCUT2D eigenvalue weighted by Crippen LogP contribution is 2.27. The number of rotatable bonds is 7. The maximum Gasteiger partial charge on any atom is 0.242 e. The summed E-state index contributed by atoms with van der Waals surface area (Å²) in [5, 5.41) is 3.00. The molecule has 1 amide bonds. The number of amides is 1. The van der Waals surface area contributed by atoms with E-state index in [1.165, 1.54) is 12.1 Å². The van der Waals surface area contributed by atoms with E-state index in [0.29, 0.717) is 31.3 Å². The fraction of sp³-hybridized carbons (Fsp3) is 0.286. The molecular formula is C28H29FN4O3S. The van der Waals surface area contributed by atoms with Gasteiger partial charge in [0.05, 0.1) is 16.6 Å². The molecule has 9 heteroatoms. The Balaban J connectivity index is 1.19. The van der Waals surface area contributed by atoms with Crippen LogP contribution in [0.1, 0.15) is 44.2 Å². The van der Waals surface area contributed by atoms with E-state index in [1.54, 1.807) is 34.9 Å². The molecule has 2 aromatic carbocycles. The number of nitrogens with one attached hydrogen (secondary N) is 2. The number of pyridine rings is 1. The summed E-state index contributed by atoms with van der Waals surface area (Å²) in [6, 6.07) is 18.6. The first-order valence-corrected chi connectivity index (χ1v) is 13.9. The largest absolute Gasteiger partial charge is 0.349 e. The van der Waals surface area contributed by atoms with Gasteiger partial charge in [-0.15, -0.1) is 0 Å². The Kier molecular flexibility index (Phi) is 7.08. The van der Waals surface area contributed by atoms with Gasteiger partial charge < -0.3 is 9.72 Å². The lowest BCUT2D eigenvalue weighted by Crippen LogP contribution is -2.41. The third-order valence-electron chi connectivity index (χ3n) is 6.95. The van der Waals surface area contributed by atoms with Crippen LogP contribution >= 0.6 is 0 Å². The number of aromatic nitrogens is 2. The van der Waals surface area contributed by atoms with Crippen LogP contribution in [-0.2, 0) is 14.8 Å². The molecule has 1 aliphatic carbocycles. The standard InChI is InChI=1S/C28H29FN4O3S/c1-19(20-7-11-23(29)12-8-20)30-28(34)22-9-13-24(14-10-22)32-37(35,36)25-15-16-27-31-26(18-33(27)17-25)21-5-3-2-4-6-21/h2-8,11-12,15-19,22,24,32H,9-10,13-14H2,1H3,(H,30,34)/t19-,22?,24?/m1/s1. The highest BCUT2D eigenvalue weighted by Gasteiger charge is 2.30. The van der Waals surface area contributed by atoms with Crippen molar-refractivity contribution in [1.82, 2.24) is 19.4 Å². The summed E-state index contributed by atoms with van der Waals surface area (Å²) >= 11 is 0. The van der Waals surface area contributed by atoms with Crippen molar-refractivity contribution in [2.45, 2.75) is 49.6 Å². The molecule has 2 aromatic heterocycles. The van der Waals surface area contributed by atoms with Crippen LogP contribution in [0.3, 0.4) is 0 Å². The number of hydrogen-bond donors (Lipinski definition) is 2. The highest BCUT2D eigenvalue weighted by molar-refractivity contribution is 7.89. The van der Waals surface area contributed by atoms with Crippen LogP contribution in [0.25, 0.3) is 16.9 Å². The van der Waals surface area contributed by atoms with Gasteiger partial charge in [0.15, 0.2) is 0 Å². The van der Waals surface area contributed by atoms with Gasteiger partial charge in [-0.05, 0) is 62.4 Å². The third-order valence-corrected chi connectivity index (χ3v) is 8.46. The number of hydrogen-bond acceptors (Lipinski definition) is 4. The fourth-order valence-corrected chi connectivity index (χ4v) is 6.12. The SMILES string of the molecule is C[C@@H](NC(=O)C1CCC(NS(=O)(=O)c2ccc3nc(-c4ccccc4)cn3c2)CC1)c1ccc(F)cc1. The number of nitrogens with zero attached hydrogens (tertiary/aromatic N) is 2. The highest BCUT2D eigenvalue weighted by atomic mass is 32.2. The second kappa shape index (κ2) is 10.4. The van der Waals surface area contributed by atoms with Crippen molar-refractivity contribution in [1.29, 1.82) is 0 Å². The first-order chi connectivity index (χ1) is 17.8. The van der Waals surface area contributed by atoms with E-state index < -0.39 is 10.0 Å². The minimum atomic E-state index is -3.73. The number of halogens is 1. The van der Waals surface area contributed by atoms with Crippen molar-refractivity contribution in [3.63, 3.8) is 0 Å². The molecule has 0 bridgehead atoms. The van der Waals surface area contributed by atoms with E-state index >= 15 is 0 Å². The number of carbonyl (C=O) groups is 1. The Morgan fingerprint density at radius 3 is 2.38 bits per heavy atom. The van der Waals surface area contributed by atoms with Crippen molar-refractivity contribution >= 4 is 21.6 Å². The number of imidazole rings is 1. The van der Waals surface area contributed by atoms with Crippen LogP contribution in [0.4, 0.5) is 4.39 Å². The molecule has 1 atom stereocenters. The second-order valence-electron chi connectivity index (χ2n) is 9.57. The Hall–Kier alpha value is -3.56. The van der Waals surface area contributed by atoms with Gasteiger partial charge in [-0.2, -0.15) is 0 Å². The third kappa shape index (κ3) is 5.73. The van der Waals surface area contributed by atoms with Gasteiger partial charge >= 0.3 is 0 Å². The van der Waals surface area contributed by atoms with Crippen LogP contribution in [-0.4, -0.2) is 29.8 Å². The normalized spacial score (nSPS) is 19.0. The quantitative estimate of drug-likeness (QED) is 0.364. The van der Waals surface area contributed by atoms with Gasteiger partial charge in [-0.25, -0.2) is 22.5 Å². The minimum Gasteiger partial charge on any atom is -0.349 e. The molecule has 5 rings (SSSR count). The molecule has 0 aliphatic heterocycles. The molecule has 2 heterocycles. The lowest BCUT2D eigenvalue weighted by Gasteiger charge is -2.29. The number of sulfonamides is 1. The zero-order chi connectivity index (χ0) is 26.0. The summed E-state index contributed by atoms with van der Waals surface area (Å²) in [5.74, 6) is -0.551. The van der Waals surface area contributed by atoms with E-state index in [0.717, 1.165) is 16.8 Å². The zero-order valence-electron chi connectivity index (χ0n) is 20.5. The average molecular weight is 521 g/mol. The van der Waals surface area contributed by atoms with E-state index in [4.69, 9.17) is 0 Å². The van der Waals surface area contributed by atoms with Crippen LogP contribution in [0.15, 0.2) is 84.0 Å². The lowest BCUT2D eigenvalue weighted by molar-refractivity contribution is -0.126. The van der Waals surface area contributed by atoms with E-state index in [2.05, 4.69) is 15.0 Å². The average Bonchev–Trinajstić information content (AvgIpc) is 3.33. The van der Waals surface area contributed by atoms with Crippen molar-refractivity contribution in [2.24, 2.45) is 5.92 Å². The van der Waals surface area contributed by atoms with Gasteiger partial charge in [-0.3, -0.25) is 4.79 Å². The van der Waals surface area contributed by atoms with E-state index in [-0.39, 0.29) is 34.6 Å². The Labute approximate surface area is 215 Å². The molecule has 0 spiro atoms. The summed E-state index contributed by atoms with van der Waals surface area (Å²) in [6.07, 6.45) is 5.74. The second-order valence-corrected chi connectivity index (χ2v) is 11.3. The monoisotopic (exact) mass is 520 g/mol. The van der Waals surface area contributed by atoms with Gasteiger partial charge in [0.1, 0.15) is 11.5 Å². The summed E-state index contributed by atoms with van der Waals surface area (Å²) in [6.45, 7) is 1.87. The number of benzene rings is 2. The Bertz CT molecular complexity index is 1500. The van der Waals surface area contributed by atoms with Crippen molar-refractivity contribution in [2.75, 3.05) is 0 Å². The molecule has 0 radical (unpaired) electrons. The van der Waals surface area contributed by atoms with Gasteiger partial charge in [0.2, 0.25) is 15.9 Å². The van der Waals surface area contributed by atoms with Gasteiger partial charge in [-0.1, -0.05) is 42.5 Å². The van der Waals surface area contributed by atoms with E-state index in [1.807, 2.05) is 43.5 Å². The summed E-state index contributed by atoms with van der Waals surface area (Å²) in [7, 11) is -3.73. The number of carbonyl (C=O) groups excluding carboxylic acids is 1. The van der Waals surface area contributed by atoms with Gasteiger partial charge in [0, 0.05) is 29.9 Å². The van der Waals surface area contributed by atoms with Crippen molar-refractivity contribution in [3.05, 3.63) is 90.5 Å². The van der Waals surface area contributed by atoms with Gasteiger partial charge in [0.25, 0.3) is 0 Å². The van der Waals surface area contributed by atoms with Crippen molar-refractivity contribution < 1.29 is 17.6 Å². The van der Waals surface area contributed by atoms with Crippen molar-refractivity contribution in [3.8, 4) is 11.3 Å². The minimum absolute atomic E-state index is 0.0575. The van der Waals surface area contributed by atoms with Crippen LogP contribution in [0.2, 0.25) is 0 Å².